The van der Waals surface area contributed by atoms with Crippen LogP contribution in [-0.2, 0) is 13.8 Å². The molecule has 3 heterocycles. The third-order valence-electron chi connectivity index (χ3n) is 5.59. The molecule has 0 aliphatic carbocycles. The van der Waals surface area contributed by atoms with Crippen LogP contribution in [0.25, 0.3) is 11.3 Å². The standard InChI is InChI=1S/C22H23ClFN4O6P/c23-17-2-1-13(11-18(17)24)16(12-34-35(30,31)32)20-15(3-7-25-21(20)29)19-4-8-26-22(28-19)27-14-5-9-33-10-6-14/h1-4,7-8,11,14,16H,5-6,9-10,12H2,(H,25,29)(H,26,27,28)(H2,30,31,32). The van der Waals surface area contributed by atoms with E-state index in [-0.39, 0.29) is 22.2 Å². The van der Waals surface area contributed by atoms with Gasteiger partial charge in [-0.25, -0.2) is 18.9 Å². The number of nitrogens with zero attached hydrogens (tertiary/aromatic N) is 2. The summed E-state index contributed by atoms with van der Waals surface area (Å²) in [6.45, 7) is 0.673. The van der Waals surface area contributed by atoms with E-state index in [4.69, 9.17) is 20.9 Å². The first kappa shape index (κ1) is 25.4. The number of phosphoric ester groups is 1. The van der Waals surface area contributed by atoms with Gasteiger partial charge in [0.15, 0.2) is 0 Å². The van der Waals surface area contributed by atoms with Gasteiger partial charge in [0.2, 0.25) is 5.95 Å². The maximum atomic E-state index is 14.3. The highest BCUT2D eigenvalue weighted by Gasteiger charge is 2.27. The number of anilines is 1. The molecule has 1 aliphatic heterocycles. The molecule has 1 fully saturated rings. The number of hydrogen-bond acceptors (Lipinski definition) is 7. The Bertz CT molecular complexity index is 1300. The van der Waals surface area contributed by atoms with Crippen LogP contribution < -0.4 is 10.9 Å². The molecule has 0 spiro atoms. The van der Waals surface area contributed by atoms with Crippen LogP contribution >= 0.6 is 19.4 Å². The van der Waals surface area contributed by atoms with Crippen molar-refractivity contribution < 1.29 is 28.0 Å². The molecular weight excluding hydrogens is 502 g/mol. The molecule has 186 valence electrons. The summed E-state index contributed by atoms with van der Waals surface area (Å²) in [6.07, 6.45) is 4.57. The number of hydrogen-bond donors (Lipinski definition) is 4. The molecule has 0 saturated carbocycles. The minimum absolute atomic E-state index is 0.0957. The lowest BCUT2D eigenvalue weighted by Gasteiger charge is -2.23. The molecule has 1 saturated heterocycles. The van der Waals surface area contributed by atoms with Gasteiger partial charge < -0.3 is 24.8 Å². The number of benzene rings is 1. The van der Waals surface area contributed by atoms with Gasteiger partial charge in [0.1, 0.15) is 5.82 Å². The Morgan fingerprint density at radius 1 is 1.29 bits per heavy atom. The normalized spacial score (nSPS) is 15.7. The number of halogens is 2. The number of aromatic amines is 1. The highest BCUT2D eigenvalue weighted by atomic mass is 35.5. The third kappa shape index (κ3) is 6.52. The predicted molar refractivity (Wildman–Crippen MR) is 127 cm³/mol. The van der Waals surface area contributed by atoms with Crippen molar-refractivity contribution in [2.75, 3.05) is 25.1 Å². The van der Waals surface area contributed by atoms with E-state index in [2.05, 4.69) is 20.3 Å². The van der Waals surface area contributed by atoms with Crippen molar-refractivity contribution in [3.05, 3.63) is 75.0 Å². The second kappa shape index (κ2) is 10.9. The van der Waals surface area contributed by atoms with Gasteiger partial charge in [0.25, 0.3) is 5.56 Å². The smallest absolute Gasteiger partial charge is 0.381 e. The Balaban J connectivity index is 1.77. The number of aromatic nitrogens is 3. The van der Waals surface area contributed by atoms with Crippen molar-refractivity contribution in [1.29, 1.82) is 0 Å². The zero-order chi connectivity index (χ0) is 25.0. The van der Waals surface area contributed by atoms with Crippen molar-refractivity contribution in [2.24, 2.45) is 0 Å². The zero-order valence-corrected chi connectivity index (χ0v) is 20.0. The molecule has 1 atom stereocenters. The van der Waals surface area contributed by atoms with Crippen molar-refractivity contribution >= 4 is 25.4 Å². The summed E-state index contributed by atoms with van der Waals surface area (Å²) in [5, 5.41) is 3.13. The van der Waals surface area contributed by atoms with Crippen LogP contribution in [-0.4, -0.2) is 50.6 Å². The van der Waals surface area contributed by atoms with E-state index in [0.717, 1.165) is 18.9 Å². The SMILES string of the molecule is O=c1[nH]ccc(-c2ccnc(NC3CCOCC3)n2)c1C(COP(=O)(O)O)c1ccc(Cl)c(F)c1. The number of H-pyrrole nitrogens is 1. The summed E-state index contributed by atoms with van der Waals surface area (Å²) in [6, 6.07) is 7.22. The molecule has 35 heavy (non-hydrogen) atoms. The summed E-state index contributed by atoms with van der Waals surface area (Å²) in [5.74, 6) is -1.43. The van der Waals surface area contributed by atoms with Crippen LogP contribution in [0.1, 0.15) is 29.9 Å². The molecule has 0 bridgehead atoms. The van der Waals surface area contributed by atoms with Crippen LogP contribution in [0, 0.1) is 5.82 Å². The minimum atomic E-state index is -4.89. The summed E-state index contributed by atoms with van der Waals surface area (Å²) >= 11 is 5.81. The van der Waals surface area contributed by atoms with E-state index in [1.54, 1.807) is 12.1 Å². The zero-order valence-electron chi connectivity index (χ0n) is 18.4. The Hall–Kier alpha value is -2.66. The van der Waals surface area contributed by atoms with Gasteiger partial charge >= 0.3 is 7.82 Å². The molecule has 0 radical (unpaired) electrons. The molecule has 1 aromatic carbocycles. The fourth-order valence-corrected chi connectivity index (χ4v) is 4.37. The fourth-order valence-electron chi connectivity index (χ4n) is 3.91. The van der Waals surface area contributed by atoms with E-state index < -0.39 is 31.7 Å². The second-order valence-electron chi connectivity index (χ2n) is 7.94. The van der Waals surface area contributed by atoms with Crippen molar-refractivity contribution in [3.63, 3.8) is 0 Å². The van der Waals surface area contributed by atoms with Crippen molar-refractivity contribution in [3.8, 4) is 11.3 Å². The molecule has 1 aliphatic rings. The van der Waals surface area contributed by atoms with Crippen molar-refractivity contribution in [2.45, 2.75) is 24.8 Å². The van der Waals surface area contributed by atoms with Crippen LogP contribution in [0.3, 0.4) is 0 Å². The fraction of sp³-hybridized carbons (Fsp3) is 0.318. The predicted octanol–water partition coefficient (Wildman–Crippen LogP) is 3.46. The number of ether oxygens (including phenoxy) is 1. The lowest BCUT2D eigenvalue weighted by atomic mass is 9.88. The molecule has 13 heteroatoms. The molecule has 3 aromatic rings. The van der Waals surface area contributed by atoms with E-state index in [9.17, 15) is 23.5 Å². The minimum Gasteiger partial charge on any atom is -0.381 e. The largest absolute Gasteiger partial charge is 0.469 e. The first-order chi connectivity index (χ1) is 16.7. The topological polar surface area (TPSA) is 147 Å². The maximum absolute atomic E-state index is 14.3. The molecule has 1 unspecified atom stereocenters. The number of phosphoric acid groups is 1. The first-order valence-corrected chi connectivity index (χ1v) is 12.7. The maximum Gasteiger partial charge on any atom is 0.469 e. The van der Waals surface area contributed by atoms with E-state index in [0.29, 0.717) is 30.4 Å². The van der Waals surface area contributed by atoms with Gasteiger partial charge in [-0.1, -0.05) is 17.7 Å². The monoisotopic (exact) mass is 524 g/mol. The second-order valence-corrected chi connectivity index (χ2v) is 9.59. The molecule has 10 nitrogen and oxygen atoms in total. The van der Waals surface area contributed by atoms with Crippen LogP contribution in [0.15, 0.2) is 47.5 Å². The average Bonchev–Trinajstić information content (AvgIpc) is 2.82. The first-order valence-electron chi connectivity index (χ1n) is 10.8. The Morgan fingerprint density at radius 2 is 2.06 bits per heavy atom. The van der Waals surface area contributed by atoms with Crippen molar-refractivity contribution in [1.82, 2.24) is 15.0 Å². The van der Waals surface area contributed by atoms with Crippen LogP contribution in [0.5, 0.6) is 0 Å². The summed E-state index contributed by atoms with van der Waals surface area (Å²) in [7, 11) is -4.89. The summed E-state index contributed by atoms with van der Waals surface area (Å²) in [4.78, 5) is 42.9. The quantitative estimate of drug-likeness (QED) is 0.325. The summed E-state index contributed by atoms with van der Waals surface area (Å²) in [5.41, 5.74) is 0.563. The third-order valence-corrected chi connectivity index (χ3v) is 6.38. The molecule has 4 rings (SSSR count). The average molecular weight is 525 g/mol. The molecular formula is C22H23ClFN4O6P. The molecule has 4 N–H and O–H groups in total. The van der Waals surface area contributed by atoms with E-state index in [1.807, 2.05) is 0 Å². The Morgan fingerprint density at radius 3 is 2.77 bits per heavy atom. The van der Waals surface area contributed by atoms with Gasteiger partial charge in [-0.05, 0) is 42.7 Å². The van der Waals surface area contributed by atoms with E-state index >= 15 is 0 Å². The van der Waals surface area contributed by atoms with Gasteiger partial charge in [-0.15, -0.1) is 0 Å². The summed E-state index contributed by atoms with van der Waals surface area (Å²) < 4.78 is 35.8. The van der Waals surface area contributed by atoms with Gasteiger partial charge in [0.05, 0.1) is 17.3 Å². The number of rotatable bonds is 8. The lowest BCUT2D eigenvalue weighted by molar-refractivity contribution is 0.0903. The van der Waals surface area contributed by atoms with E-state index in [1.165, 1.54) is 24.5 Å². The highest BCUT2D eigenvalue weighted by Crippen LogP contribution is 2.40. The van der Waals surface area contributed by atoms with Gasteiger partial charge in [0, 0.05) is 48.7 Å². The number of nitrogens with one attached hydrogen (secondary N) is 2. The highest BCUT2D eigenvalue weighted by molar-refractivity contribution is 7.46. The van der Waals surface area contributed by atoms with Gasteiger partial charge in [-0.2, -0.15) is 0 Å². The Labute approximate surface area is 204 Å². The molecule has 2 aromatic heterocycles. The number of pyridine rings is 1. The Kier molecular flexibility index (Phi) is 7.95. The van der Waals surface area contributed by atoms with Crippen LogP contribution in [0.4, 0.5) is 10.3 Å². The van der Waals surface area contributed by atoms with Gasteiger partial charge in [-0.3, -0.25) is 9.32 Å². The lowest BCUT2D eigenvalue weighted by Crippen LogP contribution is -2.28. The molecule has 0 amide bonds. The van der Waals surface area contributed by atoms with Crippen LogP contribution in [0.2, 0.25) is 5.02 Å².